The van der Waals surface area contributed by atoms with Crippen molar-refractivity contribution in [3.05, 3.63) is 58.9 Å². The van der Waals surface area contributed by atoms with Gasteiger partial charge < -0.3 is 4.90 Å². The molecular weight excluding hydrogens is 424 g/mol. The molecular formula is C23H18F4N4O. The van der Waals surface area contributed by atoms with Gasteiger partial charge in [-0.05, 0) is 47.2 Å². The summed E-state index contributed by atoms with van der Waals surface area (Å²) in [5.74, 6) is -1.24. The van der Waals surface area contributed by atoms with Crippen LogP contribution in [-0.2, 0) is 24.1 Å². The van der Waals surface area contributed by atoms with E-state index in [2.05, 4.69) is 9.98 Å². The molecule has 0 aromatic heterocycles. The molecule has 2 aliphatic heterocycles. The number of amides is 1. The zero-order chi connectivity index (χ0) is 22.9. The molecule has 0 saturated heterocycles. The van der Waals surface area contributed by atoms with Crippen LogP contribution in [0.4, 0.5) is 17.6 Å². The van der Waals surface area contributed by atoms with Gasteiger partial charge in [-0.2, -0.15) is 18.4 Å². The van der Waals surface area contributed by atoms with E-state index in [1.165, 1.54) is 18.2 Å². The number of rotatable bonds is 5. The monoisotopic (exact) mass is 442 g/mol. The number of aliphatic imine (C=N–C) groups is 2. The van der Waals surface area contributed by atoms with E-state index in [0.717, 1.165) is 17.2 Å². The number of nitriles is 1. The minimum absolute atomic E-state index is 0.0658. The minimum Gasteiger partial charge on any atom is -0.334 e. The van der Waals surface area contributed by atoms with Crippen molar-refractivity contribution in [2.75, 3.05) is 0 Å². The second-order valence-electron chi connectivity index (χ2n) is 7.70. The maximum Gasteiger partial charge on any atom is 0.419 e. The Balaban J connectivity index is 1.43. The van der Waals surface area contributed by atoms with Crippen LogP contribution in [0.15, 0.2) is 46.4 Å². The lowest BCUT2D eigenvalue weighted by atomic mass is 9.96. The number of fused-ring (bicyclic) bond motifs is 1. The van der Waals surface area contributed by atoms with Gasteiger partial charge in [-0.1, -0.05) is 24.3 Å². The molecule has 32 heavy (non-hydrogen) atoms. The van der Waals surface area contributed by atoms with E-state index in [-0.39, 0.29) is 28.9 Å². The number of halogens is 4. The number of alkyl halides is 3. The smallest absolute Gasteiger partial charge is 0.334 e. The number of amidine groups is 1. The molecule has 5 nitrogen and oxygen atoms in total. The fraction of sp³-hybridized carbons (Fsp3) is 0.304. The Morgan fingerprint density at radius 3 is 2.69 bits per heavy atom. The van der Waals surface area contributed by atoms with Crippen LogP contribution >= 0.6 is 0 Å². The minimum atomic E-state index is -4.82. The zero-order valence-corrected chi connectivity index (χ0v) is 16.9. The molecule has 0 N–H and O–H groups in total. The summed E-state index contributed by atoms with van der Waals surface area (Å²) in [4.78, 5) is 22.2. The SMILES string of the molecule is N#CC1=NC(CCCC(=O)N2Cc3ccc(-c4cccc(F)c4C(F)(F)F)cc3C2)C=N1. The molecule has 1 atom stereocenters. The molecule has 164 valence electrons. The summed E-state index contributed by atoms with van der Waals surface area (Å²) < 4.78 is 54.1. The molecule has 0 fully saturated rings. The van der Waals surface area contributed by atoms with E-state index < -0.39 is 17.6 Å². The lowest BCUT2D eigenvalue weighted by Gasteiger charge is -2.15. The predicted octanol–water partition coefficient (Wildman–Crippen LogP) is 4.90. The van der Waals surface area contributed by atoms with Crippen molar-refractivity contribution in [3.8, 4) is 17.2 Å². The number of carbonyl (C=O) groups is 1. The third-order valence-corrected chi connectivity index (χ3v) is 5.54. The quantitative estimate of drug-likeness (QED) is 0.618. The lowest BCUT2D eigenvalue weighted by molar-refractivity contribution is -0.139. The van der Waals surface area contributed by atoms with Crippen molar-refractivity contribution in [2.45, 2.75) is 44.6 Å². The first kappa shape index (κ1) is 21.7. The van der Waals surface area contributed by atoms with E-state index in [0.29, 0.717) is 32.4 Å². The predicted molar refractivity (Wildman–Crippen MR) is 110 cm³/mol. The summed E-state index contributed by atoms with van der Waals surface area (Å²) >= 11 is 0. The average Bonchev–Trinajstić information content (AvgIpc) is 3.38. The normalized spacial score (nSPS) is 17.3. The van der Waals surface area contributed by atoms with Gasteiger partial charge in [0.25, 0.3) is 0 Å². The summed E-state index contributed by atoms with van der Waals surface area (Å²) in [6, 6.07) is 9.79. The summed E-state index contributed by atoms with van der Waals surface area (Å²) in [6.45, 7) is 0.672. The molecule has 0 saturated carbocycles. The van der Waals surface area contributed by atoms with Gasteiger partial charge in [-0.25, -0.2) is 14.4 Å². The number of carbonyl (C=O) groups excluding carboxylic acids is 1. The van der Waals surface area contributed by atoms with Crippen LogP contribution in [0.2, 0.25) is 0 Å². The Hall–Kier alpha value is -3.54. The van der Waals surface area contributed by atoms with Gasteiger partial charge in [-0.3, -0.25) is 4.79 Å². The van der Waals surface area contributed by atoms with E-state index in [9.17, 15) is 22.4 Å². The fourth-order valence-electron chi connectivity index (χ4n) is 3.99. The molecule has 2 aliphatic rings. The van der Waals surface area contributed by atoms with Crippen LogP contribution in [0.3, 0.4) is 0 Å². The summed E-state index contributed by atoms with van der Waals surface area (Å²) in [7, 11) is 0. The molecule has 9 heteroatoms. The maximum atomic E-state index is 13.9. The van der Waals surface area contributed by atoms with E-state index in [1.54, 1.807) is 23.2 Å². The molecule has 2 aromatic rings. The number of nitrogens with zero attached hydrogens (tertiary/aromatic N) is 4. The first-order valence-corrected chi connectivity index (χ1v) is 10.0. The first-order chi connectivity index (χ1) is 15.3. The van der Waals surface area contributed by atoms with Gasteiger partial charge in [0.2, 0.25) is 11.7 Å². The highest BCUT2D eigenvalue weighted by Crippen LogP contribution is 2.40. The molecule has 1 amide bonds. The van der Waals surface area contributed by atoms with Gasteiger partial charge in [0.1, 0.15) is 11.9 Å². The standard InChI is InChI=1S/C23H18F4N4O/c24-19-5-2-4-18(22(19)23(25,26)27)14-7-8-15-12-31(13-16(15)9-14)21(32)6-1-3-17-11-29-20(10-28)30-17/h2,4-5,7-9,11,17H,1,3,6,12-13H2. The number of hydrogen-bond donors (Lipinski definition) is 0. The van der Waals surface area contributed by atoms with Gasteiger partial charge in [0.05, 0.1) is 11.6 Å². The van der Waals surface area contributed by atoms with Gasteiger partial charge in [0.15, 0.2) is 0 Å². The maximum absolute atomic E-state index is 13.9. The summed E-state index contributed by atoms with van der Waals surface area (Å²) in [5, 5.41) is 8.76. The Labute approximate surface area is 181 Å². The van der Waals surface area contributed by atoms with Crippen LogP contribution in [0.25, 0.3) is 11.1 Å². The first-order valence-electron chi connectivity index (χ1n) is 10.0. The Morgan fingerprint density at radius 2 is 1.97 bits per heavy atom. The second kappa shape index (κ2) is 8.54. The lowest BCUT2D eigenvalue weighted by Crippen LogP contribution is -2.25. The second-order valence-corrected chi connectivity index (χ2v) is 7.70. The van der Waals surface area contributed by atoms with Crippen LogP contribution in [0.1, 0.15) is 36.0 Å². The van der Waals surface area contributed by atoms with E-state index in [4.69, 9.17) is 5.26 Å². The van der Waals surface area contributed by atoms with Crippen molar-refractivity contribution < 1.29 is 22.4 Å². The Morgan fingerprint density at radius 1 is 1.19 bits per heavy atom. The van der Waals surface area contributed by atoms with Crippen molar-refractivity contribution in [1.82, 2.24) is 4.90 Å². The highest BCUT2D eigenvalue weighted by Gasteiger charge is 2.37. The molecule has 0 radical (unpaired) electrons. The third-order valence-electron chi connectivity index (χ3n) is 5.54. The van der Waals surface area contributed by atoms with Crippen LogP contribution in [0.5, 0.6) is 0 Å². The molecule has 2 aromatic carbocycles. The van der Waals surface area contributed by atoms with Gasteiger partial charge in [-0.15, -0.1) is 0 Å². The fourth-order valence-corrected chi connectivity index (χ4v) is 3.99. The summed E-state index contributed by atoms with van der Waals surface area (Å²) in [6.07, 6.45) is -1.74. The van der Waals surface area contributed by atoms with Gasteiger partial charge >= 0.3 is 6.18 Å². The largest absolute Gasteiger partial charge is 0.419 e. The van der Waals surface area contributed by atoms with E-state index in [1.807, 2.05) is 6.07 Å². The van der Waals surface area contributed by atoms with Crippen molar-refractivity contribution in [2.24, 2.45) is 9.98 Å². The molecule has 0 aliphatic carbocycles. The van der Waals surface area contributed by atoms with E-state index >= 15 is 0 Å². The number of hydrogen-bond acceptors (Lipinski definition) is 4. The number of benzene rings is 2. The summed E-state index contributed by atoms with van der Waals surface area (Å²) in [5.41, 5.74) is 0.360. The zero-order valence-electron chi connectivity index (χ0n) is 16.9. The van der Waals surface area contributed by atoms with Crippen LogP contribution < -0.4 is 0 Å². The Kier molecular flexibility index (Phi) is 5.78. The molecule has 2 heterocycles. The third kappa shape index (κ3) is 4.40. The van der Waals surface area contributed by atoms with Crippen LogP contribution in [-0.4, -0.2) is 28.9 Å². The van der Waals surface area contributed by atoms with Crippen LogP contribution in [0, 0.1) is 17.1 Å². The Bertz CT molecular complexity index is 1160. The highest BCUT2D eigenvalue weighted by atomic mass is 19.4. The average molecular weight is 442 g/mol. The molecule has 0 bridgehead atoms. The van der Waals surface area contributed by atoms with Crippen molar-refractivity contribution >= 4 is 18.0 Å². The van der Waals surface area contributed by atoms with Gasteiger partial charge in [0, 0.05) is 25.7 Å². The van der Waals surface area contributed by atoms with Crippen molar-refractivity contribution in [1.29, 1.82) is 5.26 Å². The topological polar surface area (TPSA) is 68.8 Å². The molecule has 4 rings (SSSR count). The molecule has 0 spiro atoms. The van der Waals surface area contributed by atoms with Crippen molar-refractivity contribution in [3.63, 3.8) is 0 Å². The molecule has 1 unspecified atom stereocenters. The highest BCUT2D eigenvalue weighted by molar-refractivity contribution is 6.05.